The fourth-order valence-electron chi connectivity index (χ4n) is 5.86. The summed E-state index contributed by atoms with van der Waals surface area (Å²) in [5, 5.41) is 12.9. The maximum Gasteiger partial charge on any atom is 0.417 e. The molecule has 2 aromatic rings. The van der Waals surface area contributed by atoms with E-state index in [-0.39, 0.29) is 53.8 Å². The number of alkyl halides is 3. The number of aliphatic hydroxyl groups is 1. The molecule has 1 aliphatic carbocycles. The molecule has 2 N–H and O–H groups in total. The summed E-state index contributed by atoms with van der Waals surface area (Å²) in [5.74, 6) is 0.144. The molecule has 2 aliphatic rings. The number of amides is 1. The molecule has 39 heavy (non-hydrogen) atoms. The lowest BCUT2D eigenvalue weighted by Crippen LogP contribution is -2.48. The molecule has 6 nitrogen and oxygen atoms in total. The number of carbonyl (C=O) groups excluding carboxylic acids is 1. The summed E-state index contributed by atoms with van der Waals surface area (Å²) in [7, 11) is -3.28. The lowest BCUT2D eigenvalue weighted by atomic mass is 9.78. The van der Waals surface area contributed by atoms with Crippen molar-refractivity contribution in [2.75, 3.05) is 12.3 Å². The average molecular weight is 567 g/mol. The zero-order valence-electron chi connectivity index (χ0n) is 22.6. The molecular weight excluding hydrogens is 529 g/mol. The summed E-state index contributed by atoms with van der Waals surface area (Å²) < 4.78 is 63.6. The van der Waals surface area contributed by atoms with Crippen LogP contribution < -0.4 is 5.32 Å². The van der Waals surface area contributed by atoms with Crippen LogP contribution in [-0.2, 0) is 22.9 Å². The van der Waals surface area contributed by atoms with Crippen molar-refractivity contribution in [1.29, 1.82) is 0 Å². The van der Waals surface area contributed by atoms with Gasteiger partial charge < -0.3 is 10.4 Å². The maximum absolute atomic E-state index is 13.2. The van der Waals surface area contributed by atoms with Crippen molar-refractivity contribution in [2.24, 2.45) is 11.8 Å². The van der Waals surface area contributed by atoms with Crippen LogP contribution in [-0.4, -0.2) is 48.4 Å². The Morgan fingerprint density at radius 2 is 1.77 bits per heavy atom. The molecule has 4 rings (SSSR count). The molecule has 1 heterocycles. The Balaban J connectivity index is 1.39. The summed E-state index contributed by atoms with van der Waals surface area (Å²) in [4.78, 5) is 15.5. The van der Waals surface area contributed by atoms with Crippen LogP contribution in [0.1, 0.15) is 79.5 Å². The second-order valence-electron chi connectivity index (χ2n) is 11.2. The van der Waals surface area contributed by atoms with E-state index >= 15 is 0 Å². The minimum Gasteiger partial charge on any atom is -0.380 e. The van der Waals surface area contributed by atoms with Gasteiger partial charge in [0.1, 0.15) is 0 Å². The molecule has 1 fully saturated rings. The summed E-state index contributed by atoms with van der Waals surface area (Å²) in [6.07, 6.45) is -4.48. The number of hydrogen-bond acceptors (Lipinski definition) is 5. The van der Waals surface area contributed by atoms with Crippen molar-refractivity contribution in [3.8, 4) is 0 Å². The molecular formula is C29H37F3N2O4S. The second kappa shape index (κ2) is 11.2. The van der Waals surface area contributed by atoms with Gasteiger partial charge in [-0.3, -0.25) is 9.69 Å². The fourth-order valence-corrected chi connectivity index (χ4v) is 6.75. The molecule has 1 saturated carbocycles. The van der Waals surface area contributed by atoms with E-state index in [4.69, 9.17) is 0 Å². The van der Waals surface area contributed by atoms with Crippen LogP contribution in [0.3, 0.4) is 0 Å². The van der Waals surface area contributed by atoms with E-state index in [1.807, 2.05) is 12.1 Å². The Hall–Kier alpha value is -2.43. The highest BCUT2D eigenvalue weighted by Gasteiger charge is 2.54. The van der Waals surface area contributed by atoms with E-state index in [2.05, 4.69) is 24.1 Å². The van der Waals surface area contributed by atoms with Gasteiger partial charge in [0, 0.05) is 31.2 Å². The van der Waals surface area contributed by atoms with Gasteiger partial charge in [-0.1, -0.05) is 39.0 Å². The molecule has 0 bridgehead atoms. The van der Waals surface area contributed by atoms with Crippen LogP contribution in [0.25, 0.3) is 0 Å². The molecule has 1 atom stereocenters. The van der Waals surface area contributed by atoms with Crippen LogP contribution in [0.4, 0.5) is 13.2 Å². The SMILES string of the molecule is CCS(=O)(=O)c1ccc(CNC(=O)c2ccc3c(c2)CN(CC2CCC(O)(C(F)(F)F)CC2)[C@@H]3C(C)C)cc1. The standard InChI is InChI=1S/C29H37F3N2O4S/c1-4-39(37,38)24-8-5-20(6-9-24)16-33-27(35)22-7-10-25-23(15-22)18-34(26(25)19(2)3)17-21-11-13-28(36,14-12-21)29(30,31)32/h5-10,15,19,21,26,36H,4,11-14,16-18H2,1-3H3,(H,33,35)/t21?,26-,28?/m1/s1. The van der Waals surface area contributed by atoms with Gasteiger partial charge in [-0.2, -0.15) is 13.2 Å². The summed E-state index contributed by atoms with van der Waals surface area (Å²) in [5.41, 5.74) is 0.911. The van der Waals surface area contributed by atoms with Crippen molar-refractivity contribution < 1.29 is 31.5 Å². The predicted molar refractivity (Wildman–Crippen MR) is 143 cm³/mol. The van der Waals surface area contributed by atoms with Gasteiger partial charge >= 0.3 is 6.18 Å². The Labute approximate surface area is 228 Å². The average Bonchev–Trinajstić information content (AvgIpc) is 3.25. The molecule has 1 amide bonds. The first-order valence-electron chi connectivity index (χ1n) is 13.5. The van der Waals surface area contributed by atoms with Gasteiger partial charge in [0.2, 0.25) is 0 Å². The van der Waals surface area contributed by atoms with E-state index in [1.165, 1.54) is 0 Å². The molecule has 2 aromatic carbocycles. The van der Waals surface area contributed by atoms with Crippen molar-refractivity contribution >= 4 is 15.7 Å². The van der Waals surface area contributed by atoms with Gasteiger partial charge in [-0.05, 0) is 78.5 Å². The first-order valence-corrected chi connectivity index (χ1v) is 15.1. The zero-order valence-corrected chi connectivity index (χ0v) is 23.4. The third-order valence-corrected chi connectivity index (χ3v) is 9.94. The zero-order chi connectivity index (χ0) is 28.6. The lowest BCUT2D eigenvalue weighted by molar-refractivity contribution is -0.272. The maximum atomic E-state index is 13.2. The Kier molecular flexibility index (Phi) is 8.50. The quantitative estimate of drug-likeness (QED) is 0.447. The van der Waals surface area contributed by atoms with Gasteiger partial charge in [-0.15, -0.1) is 0 Å². The van der Waals surface area contributed by atoms with Crippen molar-refractivity contribution in [3.05, 3.63) is 64.7 Å². The van der Waals surface area contributed by atoms with Gasteiger partial charge in [-0.25, -0.2) is 8.42 Å². The molecule has 0 unspecified atom stereocenters. The second-order valence-corrected chi connectivity index (χ2v) is 13.5. The molecule has 10 heteroatoms. The van der Waals surface area contributed by atoms with Crippen LogP contribution in [0.15, 0.2) is 47.4 Å². The van der Waals surface area contributed by atoms with Crippen LogP contribution >= 0.6 is 0 Å². The number of nitrogens with one attached hydrogen (secondary N) is 1. The van der Waals surface area contributed by atoms with E-state index < -0.39 is 21.6 Å². The predicted octanol–water partition coefficient (Wildman–Crippen LogP) is 5.41. The summed E-state index contributed by atoms with van der Waals surface area (Å²) >= 11 is 0. The lowest BCUT2D eigenvalue weighted by Gasteiger charge is -2.39. The van der Waals surface area contributed by atoms with Crippen molar-refractivity contribution in [1.82, 2.24) is 10.2 Å². The largest absolute Gasteiger partial charge is 0.417 e. The highest BCUT2D eigenvalue weighted by Crippen LogP contribution is 2.45. The van der Waals surface area contributed by atoms with E-state index in [0.29, 0.717) is 31.5 Å². The highest BCUT2D eigenvalue weighted by molar-refractivity contribution is 7.91. The molecule has 0 aromatic heterocycles. The van der Waals surface area contributed by atoms with Crippen LogP contribution in [0.5, 0.6) is 0 Å². The Morgan fingerprint density at radius 1 is 1.13 bits per heavy atom. The minimum absolute atomic E-state index is 0.0264. The Morgan fingerprint density at radius 3 is 2.33 bits per heavy atom. The number of rotatable bonds is 8. The number of fused-ring (bicyclic) bond motifs is 1. The number of halogens is 3. The number of sulfone groups is 1. The monoisotopic (exact) mass is 566 g/mol. The third-order valence-electron chi connectivity index (χ3n) is 8.19. The Bertz CT molecular complexity index is 1280. The van der Waals surface area contributed by atoms with Gasteiger partial charge in [0.05, 0.1) is 10.6 Å². The third kappa shape index (κ3) is 6.33. The normalized spacial score (nSPS) is 24.1. The minimum atomic E-state index is -4.60. The van der Waals surface area contributed by atoms with Crippen LogP contribution in [0.2, 0.25) is 0 Å². The smallest absolute Gasteiger partial charge is 0.380 e. The number of carbonyl (C=O) groups is 1. The topological polar surface area (TPSA) is 86.7 Å². The molecule has 1 aliphatic heterocycles. The summed E-state index contributed by atoms with van der Waals surface area (Å²) in [6, 6.07) is 12.3. The van der Waals surface area contributed by atoms with E-state index in [1.54, 1.807) is 37.3 Å². The summed E-state index contributed by atoms with van der Waals surface area (Å²) in [6.45, 7) is 7.36. The molecule has 214 valence electrons. The number of benzene rings is 2. The highest BCUT2D eigenvalue weighted by atomic mass is 32.2. The molecule has 0 radical (unpaired) electrons. The number of hydrogen-bond donors (Lipinski definition) is 2. The number of nitrogens with zero attached hydrogens (tertiary/aromatic N) is 1. The first-order chi connectivity index (χ1) is 18.2. The molecule has 0 spiro atoms. The van der Waals surface area contributed by atoms with E-state index in [0.717, 1.165) is 16.7 Å². The van der Waals surface area contributed by atoms with Crippen LogP contribution in [0, 0.1) is 11.8 Å². The van der Waals surface area contributed by atoms with Gasteiger partial charge in [0.15, 0.2) is 15.4 Å². The van der Waals surface area contributed by atoms with E-state index in [9.17, 15) is 31.5 Å². The van der Waals surface area contributed by atoms with Crippen molar-refractivity contribution in [2.45, 2.75) is 82.3 Å². The van der Waals surface area contributed by atoms with Crippen molar-refractivity contribution in [3.63, 3.8) is 0 Å². The van der Waals surface area contributed by atoms with Gasteiger partial charge in [0.25, 0.3) is 5.91 Å². The molecule has 0 saturated heterocycles. The fraction of sp³-hybridized carbons (Fsp3) is 0.552. The first kappa shape index (κ1) is 29.6.